The molecule has 0 spiro atoms. The fraction of sp³-hybridized carbons (Fsp3) is 0.917. The van der Waals surface area contributed by atoms with Crippen molar-refractivity contribution in [2.75, 3.05) is 6.54 Å². The summed E-state index contributed by atoms with van der Waals surface area (Å²) in [5, 5.41) is 20.9. The number of aliphatic hydroxyl groups excluding tert-OH is 1. The summed E-state index contributed by atoms with van der Waals surface area (Å²) in [6.07, 6.45) is 7.30. The maximum atomic E-state index is 10.2. The summed E-state index contributed by atoms with van der Waals surface area (Å²) < 4.78 is 0. The SMILES string of the molecule is O=C(O)CCCCCCCNC1CC(O)C1. The normalized spacial score (nSPS) is 24.1. The number of carboxylic acids is 1. The molecule has 0 heterocycles. The Kier molecular flexibility index (Phi) is 6.42. The lowest BCUT2D eigenvalue weighted by molar-refractivity contribution is -0.137. The van der Waals surface area contributed by atoms with Crippen LogP contribution < -0.4 is 5.32 Å². The first-order chi connectivity index (χ1) is 7.68. The summed E-state index contributed by atoms with van der Waals surface area (Å²) in [4.78, 5) is 10.2. The zero-order valence-electron chi connectivity index (χ0n) is 9.82. The maximum absolute atomic E-state index is 10.2. The van der Waals surface area contributed by atoms with Crippen LogP contribution in [0.4, 0.5) is 0 Å². The van der Waals surface area contributed by atoms with E-state index in [9.17, 15) is 4.79 Å². The van der Waals surface area contributed by atoms with E-state index in [1.54, 1.807) is 0 Å². The van der Waals surface area contributed by atoms with E-state index in [0.717, 1.165) is 45.1 Å². The average Bonchev–Trinajstić information content (AvgIpc) is 2.18. The zero-order chi connectivity index (χ0) is 11.8. The number of aliphatic carboxylic acids is 1. The van der Waals surface area contributed by atoms with Crippen LogP contribution in [-0.4, -0.2) is 34.9 Å². The van der Waals surface area contributed by atoms with Gasteiger partial charge >= 0.3 is 5.97 Å². The second kappa shape index (κ2) is 7.63. The van der Waals surface area contributed by atoms with E-state index in [-0.39, 0.29) is 6.10 Å². The van der Waals surface area contributed by atoms with Gasteiger partial charge in [-0.2, -0.15) is 0 Å². The number of hydrogen-bond donors (Lipinski definition) is 3. The fourth-order valence-corrected chi connectivity index (χ4v) is 1.99. The highest BCUT2D eigenvalue weighted by molar-refractivity contribution is 5.66. The molecule has 1 saturated carbocycles. The second-order valence-electron chi connectivity index (χ2n) is 4.69. The molecule has 0 saturated heterocycles. The minimum Gasteiger partial charge on any atom is -0.481 e. The lowest BCUT2D eigenvalue weighted by atomic mass is 9.89. The molecule has 0 amide bonds. The van der Waals surface area contributed by atoms with Crippen molar-refractivity contribution in [1.82, 2.24) is 5.32 Å². The number of carbonyl (C=O) groups is 1. The van der Waals surface area contributed by atoms with E-state index >= 15 is 0 Å². The monoisotopic (exact) mass is 229 g/mol. The van der Waals surface area contributed by atoms with Gasteiger partial charge in [0, 0.05) is 12.5 Å². The molecule has 0 radical (unpaired) electrons. The van der Waals surface area contributed by atoms with Crippen LogP contribution in [0.3, 0.4) is 0 Å². The Bertz CT molecular complexity index is 202. The van der Waals surface area contributed by atoms with Gasteiger partial charge in [-0.1, -0.05) is 19.3 Å². The molecule has 4 nitrogen and oxygen atoms in total. The predicted molar refractivity (Wildman–Crippen MR) is 62.4 cm³/mol. The lowest BCUT2D eigenvalue weighted by Gasteiger charge is -2.32. The Morgan fingerprint density at radius 2 is 1.75 bits per heavy atom. The van der Waals surface area contributed by atoms with Crippen LogP contribution in [0.15, 0.2) is 0 Å². The molecule has 1 fully saturated rings. The lowest BCUT2D eigenvalue weighted by Crippen LogP contribution is -2.44. The minimum absolute atomic E-state index is 0.0754. The first-order valence-electron chi connectivity index (χ1n) is 6.31. The Morgan fingerprint density at radius 3 is 2.38 bits per heavy atom. The van der Waals surface area contributed by atoms with E-state index in [4.69, 9.17) is 10.2 Å². The zero-order valence-corrected chi connectivity index (χ0v) is 9.82. The molecule has 4 heteroatoms. The molecule has 0 aromatic heterocycles. The summed E-state index contributed by atoms with van der Waals surface area (Å²) in [6, 6.07) is 0.530. The van der Waals surface area contributed by atoms with Crippen molar-refractivity contribution in [2.24, 2.45) is 0 Å². The first kappa shape index (κ1) is 13.5. The van der Waals surface area contributed by atoms with Crippen LogP contribution in [0, 0.1) is 0 Å². The van der Waals surface area contributed by atoms with Gasteiger partial charge in [-0.25, -0.2) is 0 Å². The largest absolute Gasteiger partial charge is 0.481 e. The van der Waals surface area contributed by atoms with E-state index in [0.29, 0.717) is 12.5 Å². The van der Waals surface area contributed by atoms with Gasteiger partial charge in [0.1, 0.15) is 0 Å². The third-order valence-corrected chi connectivity index (χ3v) is 3.11. The fourth-order valence-electron chi connectivity index (χ4n) is 1.99. The van der Waals surface area contributed by atoms with Gasteiger partial charge in [0.2, 0.25) is 0 Å². The first-order valence-corrected chi connectivity index (χ1v) is 6.31. The Morgan fingerprint density at radius 1 is 1.12 bits per heavy atom. The van der Waals surface area contributed by atoms with Crippen LogP contribution in [-0.2, 0) is 4.79 Å². The third-order valence-electron chi connectivity index (χ3n) is 3.11. The summed E-state index contributed by atoms with van der Waals surface area (Å²) in [6.45, 7) is 1.02. The smallest absolute Gasteiger partial charge is 0.303 e. The van der Waals surface area contributed by atoms with Gasteiger partial charge < -0.3 is 15.5 Å². The summed E-state index contributed by atoms with van der Waals surface area (Å²) in [7, 11) is 0. The molecule has 94 valence electrons. The van der Waals surface area contributed by atoms with Crippen LogP contribution in [0.2, 0.25) is 0 Å². The molecule has 0 aromatic rings. The topological polar surface area (TPSA) is 69.6 Å². The molecule has 1 rings (SSSR count). The highest BCUT2D eigenvalue weighted by atomic mass is 16.4. The van der Waals surface area contributed by atoms with E-state index in [1.165, 1.54) is 6.42 Å². The Balaban J connectivity index is 1.73. The number of aliphatic hydroxyl groups is 1. The number of nitrogens with one attached hydrogen (secondary N) is 1. The van der Waals surface area contributed by atoms with Crippen LogP contribution >= 0.6 is 0 Å². The molecule has 0 atom stereocenters. The molecule has 3 N–H and O–H groups in total. The Labute approximate surface area is 97.0 Å². The van der Waals surface area contributed by atoms with E-state index in [2.05, 4.69) is 5.32 Å². The molecule has 1 aliphatic rings. The molecule has 0 unspecified atom stereocenters. The quantitative estimate of drug-likeness (QED) is 0.524. The van der Waals surface area contributed by atoms with Crippen molar-refractivity contribution in [3.63, 3.8) is 0 Å². The summed E-state index contributed by atoms with van der Waals surface area (Å²) in [5.74, 6) is -0.690. The molecule has 0 aromatic carbocycles. The van der Waals surface area contributed by atoms with E-state index < -0.39 is 5.97 Å². The van der Waals surface area contributed by atoms with E-state index in [1.807, 2.05) is 0 Å². The molecule has 1 aliphatic carbocycles. The third kappa shape index (κ3) is 6.08. The molecular weight excluding hydrogens is 206 g/mol. The van der Waals surface area contributed by atoms with Gasteiger partial charge in [-0.05, 0) is 32.2 Å². The summed E-state index contributed by atoms with van der Waals surface area (Å²) >= 11 is 0. The van der Waals surface area contributed by atoms with Crippen LogP contribution in [0.1, 0.15) is 51.4 Å². The standard InChI is InChI=1S/C12H23NO3/c14-11-8-10(9-11)13-7-5-3-1-2-4-6-12(15)16/h10-11,13-14H,1-9H2,(H,15,16). The molecule has 16 heavy (non-hydrogen) atoms. The highest BCUT2D eigenvalue weighted by Crippen LogP contribution is 2.19. The molecule has 0 bridgehead atoms. The second-order valence-corrected chi connectivity index (χ2v) is 4.69. The number of hydrogen-bond acceptors (Lipinski definition) is 3. The number of carboxylic acid groups (broad SMARTS) is 1. The van der Waals surface area contributed by atoms with Gasteiger partial charge in [0.15, 0.2) is 0 Å². The van der Waals surface area contributed by atoms with Gasteiger partial charge in [-0.3, -0.25) is 4.79 Å². The Hall–Kier alpha value is -0.610. The van der Waals surface area contributed by atoms with Crippen molar-refractivity contribution < 1.29 is 15.0 Å². The van der Waals surface area contributed by atoms with Crippen LogP contribution in [0.5, 0.6) is 0 Å². The molecule has 0 aliphatic heterocycles. The van der Waals surface area contributed by atoms with Crippen molar-refractivity contribution in [3.05, 3.63) is 0 Å². The van der Waals surface area contributed by atoms with Gasteiger partial charge in [0.25, 0.3) is 0 Å². The summed E-state index contributed by atoms with van der Waals surface area (Å²) in [5.41, 5.74) is 0. The van der Waals surface area contributed by atoms with Crippen molar-refractivity contribution in [3.8, 4) is 0 Å². The van der Waals surface area contributed by atoms with Crippen molar-refractivity contribution in [2.45, 2.75) is 63.5 Å². The average molecular weight is 229 g/mol. The number of rotatable bonds is 9. The molecular formula is C12H23NO3. The van der Waals surface area contributed by atoms with Crippen molar-refractivity contribution >= 4 is 5.97 Å². The maximum Gasteiger partial charge on any atom is 0.303 e. The number of unbranched alkanes of at least 4 members (excludes halogenated alkanes) is 4. The highest BCUT2D eigenvalue weighted by Gasteiger charge is 2.25. The van der Waals surface area contributed by atoms with Gasteiger partial charge in [0.05, 0.1) is 6.10 Å². The minimum atomic E-state index is -0.690. The van der Waals surface area contributed by atoms with Crippen molar-refractivity contribution in [1.29, 1.82) is 0 Å². The predicted octanol–water partition coefficient (Wildman–Crippen LogP) is 1.52. The van der Waals surface area contributed by atoms with Gasteiger partial charge in [-0.15, -0.1) is 0 Å². The van der Waals surface area contributed by atoms with Crippen LogP contribution in [0.25, 0.3) is 0 Å².